The van der Waals surface area contributed by atoms with Crippen molar-refractivity contribution in [3.63, 3.8) is 0 Å². The zero-order chi connectivity index (χ0) is 16.4. The lowest BCUT2D eigenvalue weighted by Gasteiger charge is -2.13. The van der Waals surface area contributed by atoms with Crippen molar-refractivity contribution in [3.05, 3.63) is 23.8 Å². The smallest absolute Gasteiger partial charge is 0.203 e. The maximum Gasteiger partial charge on any atom is 0.203 e. The van der Waals surface area contributed by atoms with Crippen LogP contribution < -0.4 is 14.2 Å². The minimum atomic E-state index is 0.132. The van der Waals surface area contributed by atoms with Crippen LogP contribution in [0, 0.1) is 0 Å². The van der Waals surface area contributed by atoms with Crippen LogP contribution in [0.25, 0.3) is 6.08 Å². The molecule has 0 N–H and O–H groups in total. The molecule has 0 aliphatic heterocycles. The van der Waals surface area contributed by atoms with Crippen LogP contribution in [0.15, 0.2) is 18.2 Å². The lowest BCUT2D eigenvalue weighted by Crippen LogP contribution is -1.97. The quantitative estimate of drug-likeness (QED) is 0.478. The molecule has 0 aliphatic carbocycles. The molecule has 0 aliphatic rings. The fourth-order valence-electron chi connectivity index (χ4n) is 2.25. The fraction of sp³-hybridized carbons (Fsp3) is 0.500. The van der Waals surface area contributed by atoms with Crippen molar-refractivity contribution in [1.82, 2.24) is 0 Å². The molecular formula is C18H26O4. The Kier molecular flexibility index (Phi) is 8.11. The predicted molar refractivity (Wildman–Crippen MR) is 88.9 cm³/mol. The van der Waals surface area contributed by atoms with Gasteiger partial charge in [-0.05, 0) is 30.7 Å². The number of ketones is 1. The Morgan fingerprint density at radius 2 is 1.73 bits per heavy atom. The van der Waals surface area contributed by atoms with Crippen LogP contribution in [0.1, 0.15) is 44.6 Å². The number of hydrogen-bond acceptors (Lipinski definition) is 4. The van der Waals surface area contributed by atoms with Crippen LogP contribution >= 0.6 is 0 Å². The summed E-state index contributed by atoms with van der Waals surface area (Å²) in [5.41, 5.74) is 0.794. The highest BCUT2D eigenvalue weighted by molar-refractivity contribution is 5.94. The Balaban J connectivity index is 2.80. The first-order valence-corrected chi connectivity index (χ1v) is 7.67. The van der Waals surface area contributed by atoms with Crippen LogP contribution in [0.2, 0.25) is 0 Å². The molecule has 0 aromatic heterocycles. The largest absolute Gasteiger partial charge is 0.493 e. The van der Waals surface area contributed by atoms with Gasteiger partial charge in [-0.3, -0.25) is 4.79 Å². The van der Waals surface area contributed by atoms with Gasteiger partial charge in [0.05, 0.1) is 21.3 Å². The summed E-state index contributed by atoms with van der Waals surface area (Å²) < 4.78 is 16.0. The zero-order valence-electron chi connectivity index (χ0n) is 14.0. The van der Waals surface area contributed by atoms with Gasteiger partial charge in [0.2, 0.25) is 5.75 Å². The van der Waals surface area contributed by atoms with E-state index in [4.69, 9.17) is 14.2 Å². The summed E-state index contributed by atoms with van der Waals surface area (Å²) in [5.74, 6) is 1.83. The van der Waals surface area contributed by atoms with Gasteiger partial charge in [0, 0.05) is 12.0 Å². The van der Waals surface area contributed by atoms with Gasteiger partial charge in [-0.2, -0.15) is 0 Å². The third kappa shape index (κ3) is 5.10. The Hall–Kier alpha value is -1.97. The third-order valence-electron chi connectivity index (χ3n) is 3.46. The molecule has 0 fully saturated rings. The zero-order valence-corrected chi connectivity index (χ0v) is 14.0. The third-order valence-corrected chi connectivity index (χ3v) is 3.46. The molecule has 0 radical (unpaired) electrons. The minimum absolute atomic E-state index is 0.132. The molecule has 1 aromatic carbocycles. The van der Waals surface area contributed by atoms with E-state index in [0.29, 0.717) is 23.7 Å². The molecule has 0 amide bonds. The number of rotatable bonds is 10. The molecule has 0 saturated heterocycles. The van der Waals surface area contributed by atoms with Crippen LogP contribution in [0.5, 0.6) is 17.2 Å². The number of unbranched alkanes of at least 4 members (excludes halogenated alkanes) is 3. The molecule has 1 rings (SSSR count). The molecular weight excluding hydrogens is 280 g/mol. The van der Waals surface area contributed by atoms with Crippen LogP contribution in [-0.2, 0) is 4.79 Å². The standard InChI is InChI=1S/C18H26O4/c1-5-6-7-8-9-15(19)12-10-14-11-13-16(20-2)18(22-4)17(14)21-3/h10-13H,5-9H2,1-4H3/b12-10+. The highest BCUT2D eigenvalue weighted by Gasteiger charge is 2.14. The normalized spacial score (nSPS) is 10.7. The first kappa shape index (κ1) is 18.1. The first-order chi connectivity index (χ1) is 10.7. The summed E-state index contributed by atoms with van der Waals surface area (Å²) >= 11 is 0. The second-order valence-electron chi connectivity index (χ2n) is 5.03. The molecule has 0 unspecified atom stereocenters. The SMILES string of the molecule is CCCCCCC(=O)/C=C/c1ccc(OC)c(OC)c1OC. The number of benzene rings is 1. The van der Waals surface area contributed by atoms with E-state index in [1.54, 1.807) is 39.5 Å². The van der Waals surface area contributed by atoms with Crippen LogP contribution in [-0.4, -0.2) is 27.1 Å². The maximum atomic E-state index is 11.9. The number of ether oxygens (including phenoxy) is 3. The molecule has 0 bridgehead atoms. The Bertz CT molecular complexity index is 506. The van der Waals surface area contributed by atoms with Gasteiger partial charge in [-0.25, -0.2) is 0 Å². The van der Waals surface area contributed by atoms with E-state index >= 15 is 0 Å². The van der Waals surface area contributed by atoms with Gasteiger partial charge in [0.25, 0.3) is 0 Å². The van der Waals surface area contributed by atoms with Crippen molar-refractivity contribution in [2.24, 2.45) is 0 Å². The number of hydrogen-bond donors (Lipinski definition) is 0. The molecule has 0 saturated carbocycles. The van der Waals surface area contributed by atoms with Crippen molar-refractivity contribution in [2.45, 2.75) is 39.0 Å². The maximum absolute atomic E-state index is 11.9. The monoisotopic (exact) mass is 306 g/mol. The summed E-state index contributed by atoms with van der Waals surface area (Å²) in [4.78, 5) is 11.9. The molecule has 122 valence electrons. The number of allylic oxidation sites excluding steroid dienone is 1. The lowest BCUT2D eigenvalue weighted by molar-refractivity contribution is -0.114. The van der Waals surface area contributed by atoms with Gasteiger partial charge in [-0.1, -0.05) is 26.2 Å². The van der Waals surface area contributed by atoms with E-state index in [1.165, 1.54) is 12.8 Å². The van der Waals surface area contributed by atoms with Gasteiger partial charge < -0.3 is 14.2 Å². The van der Waals surface area contributed by atoms with Crippen LogP contribution in [0.3, 0.4) is 0 Å². The molecule has 1 aromatic rings. The average Bonchev–Trinajstić information content (AvgIpc) is 2.55. The van der Waals surface area contributed by atoms with Crippen molar-refractivity contribution in [2.75, 3.05) is 21.3 Å². The van der Waals surface area contributed by atoms with E-state index in [2.05, 4.69) is 6.92 Å². The van der Waals surface area contributed by atoms with Gasteiger partial charge in [0.1, 0.15) is 0 Å². The van der Waals surface area contributed by atoms with Gasteiger partial charge in [-0.15, -0.1) is 0 Å². The molecule has 0 spiro atoms. The minimum Gasteiger partial charge on any atom is -0.493 e. The molecule has 4 nitrogen and oxygen atoms in total. The number of carbonyl (C=O) groups excluding carboxylic acids is 1. The molecule has 4 heteroatoms. The molecule has 22 heavy (non-hydrogen) atoms. The highest BCUT2D eigenvalue weighted by atomic mass is 16.5. The molecule has 0 atom stereocenters. The summed E-state index contributed by atoms with van der Waals surface area (Å²) in [6.45, 7) is 2.16. The van der Waals surface area contributed by atoms with Crippen molar-refractivity contribution >= 4 is 11.9 Å². The number of carbonyl (C=O) groups is 1. The van der Waals surface area contributed by atoms with E-state index in [1.807, 2.05) is 6.07 Å². The summed E-state index contributed by atoms with van der Waals surface area (Å²) in [7, 11) is 4.71. The van der Waals surface area contributed by atoms with Crippen molar-refractivity contribution in [3.8, 4) is 17.2 Å². The van der Waals surface area contributed by atoms with Crippen molar-refractivity contribution in [1.29, 1.82) is 0 Å². The van der Waals surface area contributed by atoms with Crippen molar-refractivity contribution < 1.29 is 19.0 Å². The topological polar surface area (TPSA) is 44.8 Å². The summed E-state index contributed by atoms with van der Waals surface area (Å²) in [6.07, 6.45) is 8.37. The Morgan fingerprint density at radius 3 is 2.32 bits per heavy atom. The van der Waals surface area contributed by atoms with E-state index < -0.39 is 0 Å². The average molecular weight is 306 g/mol. The Labute approximate surface area is 133 Å². The highest BCUT2D eigenvalue weighted by Crippen LogP contribution is 2.40. The van der Waals surface area contributed by atoms with Gasteiger partial charge in [0.15, 0.2) is 17.3 Å². The second kappa shape index (κ2) is 9.87. The van der Waals surface area contributed by atoms with E-state index in [9.17, 15) is 4.79 Å². The molecule has 0 heterocycles. The first-order valence-electron chi connectivity index (χ1n) is 7.67. The second-order valence-corrected chi connectivity index (χ2v) is 5.03. The summed E-state index contributed by atoms with van der Waals surface area (Å²) in [6, 6.07) is 3.65. The van der Waals surface area contributed by atoms with Crippen LogP contribution in [0.4, 0.5) is 0 Å². The Morgan fingerprint density at radius 1 is 1.00 bits per heavy atom. The summed E-state index contributed by atoms with van der Waals surface area (Å²) in [5, 5.41) is 0. The van der Waals surface area contributed by atoms with Gasteiger partial charge >= 0.3 is 0 Å². The van der Waals surface area contributed by atoms with E-state index in [0.717, 1.165) is 18.4 Å². The fourth-order valence-corrected chi connectivity index (χ4v) is 2.25. The number of methoxy groups -OCH3 is 3. The van der Waals surface area contributed by atoms with E-state index in [-0.39, 0.29) is 5.78 Å². The predicted octanol–water partition coefficient (Wildman–Crippen LogP) is 4.27. The lowest BCUT2D eigenvalue weighted by atomic mass is 10.1.